The highest BCUT2D eigenvalue weighted by Crippen LogP contribution is 2.21. The molecule has 1 saturated heterocycles. The van der Waals surface area contributed by atoms with Gasteiger partial charge in [-0.3, -0.25) is 4.79 Å². The third-order valence-corrected chi connectivity index (χ3v) is 3.30. The van der Waals surface area contributed by atoms with Crippen LogP contribution in [0.4, 0.5) is 0 Å². The molecule has 4 nitrogen and oxygen atoms in total. The predicted octanol–water partition coefficient (Wildman–Crippen LogP) is 2.01. The lowest BCUT2D eigenvalue weighted by Gasteiger charge is -2.16. The quantitative estimate of drug-likeness (QED) is 0.929. The third kappa shape index (κ3) is 4.27. The van der Waals surface area contributed by atoms with Crippen LogP contribution in [0, 0.1) is 6.92 Å². The van der Waals surface area contributed by atoms with Crippen molar-refractivity contribution < 1.29 is 9.53 Å². The second-order valence-corrected chi connectivity index (χ2v) is 5.02. The first kappa shape index (κ1) is 16.1. The Morgan fingerprint density at radius 2 is 2.32 bits per heavy atom. The van der Waals surface area contributed by atoms with Crippen molar-refractivity contribution in [3.63, 3.8) is 0 Å². The number of nitrogens with two attached hydrogens (primary N) is 1. The van der Waals surface area contributed by atoms with Crippen molar-refractivity contribution in [1.82, 2.24) is 4.90 Å². The fourth-order valence-corrected chi connectivity index (χ4v) is 2.25. The summed E-state index contributed by atoms with van der Waals surface area (Å²) in [6.45, 7) is 3.30. The molecule has 19 heavy (non-hydrogen) atoms. The minimum absolute atomic E-state index is 0. The van der Waals surface area contributed by atoms with E-state index in [-0.39, 0.29) is 31.0 Å². The summed E-state index contributed by atoms with van der Waals surface area (Å²) in [5.74, 6) is 0.675. The Morgan fingerprint density at radius 3 is 2.89 bits per heavy atom. The number of rotatable bonds is 3. The van der Waals surface area contributed by atoms with Crippen molar-refractivity contribution in [2.45, 2.75) is 19.4 Å². The highest BCUT2D eigenvalue weighted by atomic mass is 35.5. The monoisotopic (exact) mass is 304 g/mol. The Balaban J connectivity index is 0.00000180. The van der Waals surface area contributed by atoms with E-state index in [1.807, 2.05) is 13.0 Å². The first-order valence-corrected chi connectivity index (χ1v) is 6.36. The fraction of sp³-hybridized carbons (Fsp3) is 0.462. The van der Waals surface area contributed by atoms with Gasteiger partial charge in [-0.2, -0.15) is 0 Å². The van der Waals surface area contributed by atoms with Gasteiger partial charge in [0.2, 0.25) is 0 Å². The molecule has 1 aromatic rings. The number of likely N-dealkylation sites (tertiary alicyclic amines) is 1. The first-order chi connectivity index (χ1) is 8.56. The number of benzene rings is 1. The molecular formula is C13H18Cl2N2O2. The predicted molar refractivity (Wildman–Crippen MR) is 78.1 cm³/mol. The van der Waals surface area contributed by atoms with Crippen molar-refractivity contribution >= 4 is 29.9 Å². The summed E-state index contributed by atoms with van der Waals surface area (Å²) in [4.78, 5) is 13.6. The Bertz CT molecular complexity index is 454. The third-order valence-electron chi connectivity index (χ3n) is 3.07. The molecular weight excluding hydrogens is 287 g/mol. The van der Waals surface area contributed by atoms with E-state index in [9.17, 15) is 4.79 Å². The number of carbonyl (C=O) groups is 1. The van der Waals surface area contributed by atoms with Gasteiger partial charge in [0.25, 0.3) is 5.91 Å². The molecule has 1 atom stereocenters. The molecule has 2 rings (SSSR count). The lowest BCUT2D eigenvalue weighted by molar-refractivity contribution is -0.132. The molecule has 0 spiro atoms. The van der Waals surface area contributed by atoms with Crippen LogP contribution in [0.15, 0.2) is 18.2 Å². The molecule has 0 bridgehead atoms. The van der Waals surface area contributed by atoms with Crippen molar-refractivity contribution in [1.29, 1.82) is 0 Å². The van der Waals surface area contributed by atoms with Gasteiger partial charge in [0, 0.05) is 24.2 Å². The van der Waals surface area contributed by atoms with Gasteiger partial charge in [0.1, 0.15) is 5.75 Å². The van der Waals surface area contributed by atoms with E-state index in [1.54, 1.807) is 17.0 Å². The largest absolute Gasteiger partial charge is 0.483 e. The minimum atomic E-state index is -0.0164. The van der Waals surface area contributed by atoms with Gasteiger partial charge in [-0.05, 0) is 37.1 Å². The van der Waals surface area contributed by atoms with Crippen LogP contribution >= 0.6 is 24.0 Å². The topological polar surface area (TPSA) is 55.6 Å². The molecule has 1 heterocycles. The maximum Gasteiger partial charge on any atom is 0.260 e. The van der Waals surface area contributed by atoms with E-state index >= 15 is 0 Å². The highest BCUT2D eigenvalue weighted by molar-refractivity contribution is 6.30. The van der Waals surface area contributed by atoms with Gasteiger partial charge >= 0.3 is 0 Å². The summed E-state index contributed by atoms with van der Waals surface area (Å²) in [5, 5.41) is 0.664. The van der Waals surface area contributed by atoms with Crippen LogP contribution in [0.2, 0.25) is 5.02 Å². The second-order valence-electron chi connectivity index (χ2n) is 4.59. The molecule has 0 radical (unpaired) electrons. The lowest BCUT2D eigenvalue weighted by atomic mass is 10.2. The highest BCUT2D eigenvalue weighted by Gasteiger charge is 2.23. The summed E-state index contributed by atoms with van der Waals surface area (Å²) in [7, 11) is 0. The normalized spacial score (nSPS) is 18.1. The maximum atomic E-state index is 11.9. The standard InChI is InChI=1S/C13H17ClN2O2.ClH/c1-9-6-10(14)2-3-12(9)18-8-13(17)16-5-4-11(15)7-16;/h2-3,6,11H,4-5,7-8,15H2,1H3;1H. The van der Waals surface area contributed by atoms with Crippen LogP contribution in [0.5, 0.6) is 5.75 Å². The number of nitrogens with zero attached hydrogens (tertiary/aromatic N) is 1. The van der Waals surface area contributed by atoms with Crippen molar-refractivity contribution in [2.24, 2.45) is 5.73 Å². The number of aryl methyl sites for hydroxylation is 1. The van der Waals surface area contributed by atoms with Crippen molar-refractivity contribution in [3.8, 4) is 5.75 Å². The zero-order valence-electron chi connectivity index (χ0n) is 10.8. The fourth-order valence-electron chi connectivity index (χ4n) is 2.02. The summed E-state index contributed by atoms with van der Waals surface area (Å²) in [5.41, 5.74) is 6.69. The van der Waals surface area contributed by atoms with Crippen molar-refractivity contribution in [3.05, 3.63) is 28.8 Å². The first-order valence-electron chi connectivity index (χ1n) is 5.98. The average molecular weight is 305 g/mol. The summed E-state index contributed by atoms with van der Waals surface area (Å²) >= 11 is 5.85. The van der Waals surface area contributed by atoms with Crippen molar-refractivity contribution in [2.75, 3.05) is 19.7 Å². The maximum absolute atomic E-state index is 11.9. The molecule has 1 amide bonds. The average Bonchev–Trinajstić information content (AvgIpc) is 2.74. The second kappa shape index (κ2) is 6.98. The van der Waals surface area contributed by atoms with Crippen LogP contribution in [-0.2, 0) is 4.79 Å². The number of amides is 1. The van der Waals surface area contributed by atoms with E-state index < -0.39 is 0 Å². The molecule has 2 N–H and O–H groups in total. The lowest BCUT2D eigenvalue weighted by Crippen LogP contribution is -2.35. The summed E-state index contributed by atoms with van der Waals surface area (Å²) in [6.07, 6.45) is 0.867. The molecule has 106 valence electrons. The van der Waals surface area contributed by atoms with Gasteiger partial charge < -0.3 is 15.4 Å². The van der Waals surface area contributed by atoms with Gasteiger partial charge in [-0.25, -0.2) is 0 Å². The molecule has 0 aromatic heterocycles. The summed E-state index contributed by atoms with van der Waals surface area (Å²) in [6, 6.07) is 5.44. The molecule has 0 aliphatic carbocycles. The van der Waals surface area contributed by atoms with E-state index in [0.29, 0.717) is 17.3 Å². The number of hydrogen-bond acceptors (Lipinski definition) is 3. The Morgan fingerprint density at radius 1 is 1.58 bits per heavy atom. The zero-order chi connectivity index (χ0) is 13.1. The number of carbonyl (C=O) groups excluding carboxylic acids is 1. The van der Waals surface area contributed by atoms with Gasteiger partial charge in [0.05, 0.1) is 0 Å². The Hall–Kier alpha value is -0.970. The van der Waals surface area contributed by atoms with E-state index in [0.717, 1.165) is 18.5 Å². The molecule has 1 unspecified atom stereocenters. The van der Waals surface area contributed by atoms with Crippen LogP contribution in [0.25, 0.3) is 0 Å². The van der Waals surface area contributed by atoms with Crippen LogP contribution in [0.1, 0.15) is 12.0 Å². The van der Waals surface area contributed by atoms with Crippen LogP contribution < -0.4 is 10.5 Å². The van der Waals surface area contributed by atoms with E-state index in [1.165, 1.54) is 0 Å². The van der Waals surface area contributed by atoms with Gasteiger partial charge in [-0.15, -0.1) is 12.4 Å². The molecule has 1 fully saturated rings. The minimum Gasteiger partial charge on any atom is -0.483 e. The molecule has 1 aromatic carbocycles. The molecule has 6 heteroatoms. The smallest absolute Gasteiger partial charge is 0.260 e. The number of ether oxygens (including phenoxy) is 1. The molecule has 0 saturated carbocycles. The molecule has 1 aliphatic rings. The van der Waals surface area contributed by atoms with Crippen LogP contribution in [0.3, 0.4) is 0 Å². The van der Waals surface area contributed by atoms with E-state index in [4.69, 9.17) is 22.1 Å². The Kier molecular flexibility index (Phi) is 5.91. The van der Waals surface area contributed by atoms with Gasteiger partial charge in [0.15, 0.2) is 6.61 Å². The van der Waals surface area contributed by atoms with E-state index in [2.05, 4.69) is 0 Å². The Labute approximate surface area is 124 Å². The SMILES string of the molecule is Cc1cc(Cl)ccc1OCC(=O)N1CCC(N)C1.Cl. The summed E-state index contributed by atoms with van der Waals surface area (Å²) < 4.78 is 5.51. The van der Waals surface area contributed by atoms with Crippen LogP contribution in [-0.4, -0.2) is 36.5 Å². The molecule has 1 aliphatic heterocycles. The van der Waals surface area contributed by atoms with Gasteiger partial charge in [-0.1, -0.05) is 11.6 Å². The zero-order valence-corrected chi connectivity index (χ0v) is 12.3. The number of halogens is 2. The number of hydrogen-bond donors (Lipinski definition) is 1.